The summed E-state index contributed by atoms with van der Waals surface area (Å²) in [6, 6.07) is 0.369. The number of rotatable bonds is 7. The van der Waals surface area contributed by atoms with Crippen LogP contribution in [0.3, 0.4) is 0 Å². The highest BCUT2D eigenvalue weighted by atomic mass is 32.2. The van der Waals surface area contributed by atoms with Crippen molar-refractivity contribution < 1.29 is 4.79 Å². The van der Waals surface area contributed by atoms with Gasteiger partial charge in [-0.15, -0.1) is 0 Å². The van der Waals surface area contributed by atoms with Crippen LogP contribution >= 0.6 is 11.8 Å². The lowest BCUT2D eigenvalue weighted by molar-refractivity contribution is -0.122. The number of thioether (sulfide) groups is 1. The molecule has 1 amide bonds. The van der Waals surface area contributed by atoms with Crippen LogP contribution in [0, 0.1) is 11.8 Å². The predicted molar refractivity (Wildman–Crippen MR) is 84.3 cm³/mol. The van der Waals surface area contributed by atoms with Gasteiger partial charge in [0.15, 0.2) is 0 Å². The molecule has 0 saturated heterocycles. The topological polar surface area (TPSA) is 55.1 Å². The average Bonchev–Trinajstić information content (AvgIpc) is 2.38. The summed E-state index contributed by atoms with van der Waals surface area (Å²) in [4.78, 5) is 12.1. The van der Waals surface area contributed by atoms with Crippen molar-refractivity contribution in [2.75, 3.05) is 12.8 Å². The van der Waals surface area contributed by atoms with Crippen LogP contribution in [0.5, 0.6) is 0 Å². The summed E-state index contributed by atoms with van der Waals surface area (Å²) >= 11 is 1.89. The molecular formula is C15H30N2OS. The average molecular weight is 286 g/mol. The van der Waals surface area contributed by atoms with Crippen molar-refractivity contribution in [3.8, 4) is 0 Å². The second-order valence-electron chi connectivity index (χ2n) is 6.17. The number of hydrogen-bond acceptors (Lipinski definition) is 3. The van der Waals surface area contributed by atoms with Crippen molar-refractivity contribution in [2.24, 2.45) is 17.6 Å². The summed E-state index contributed by atoms with van der Waals surface area (Å²) in [6.45, 7) is 4.99. The van der Waals surface area contributed by atoms with Crippen LogP contribution in [-0.2, 0) is 4.79 Å². The minimum atomic E-state index is 0.196. The molecule has 0 radical (unpaired) electrons. The lowest BCUT2D eigenvalue weighted by atomic mass is 9.92. The number of nitrogens with two attached hydrogens (primary N) is 1. The van der Waals surface area contributed by atoms with Gasteiger partial charge in [0.05, 0.1) is 0 Å². The number of carbonyl (C=O) groups excluding carboxylic acids is 1. The van der Waals surface area contributed by atoms with Crippen LogP contribution in [0.4, 0.5) is 0 Å². The molecule has 0 aromatic heterocycles. The summed E-state index contributed by atoms with van der Waals surface area (Å²) in [5.74, 6) is 1.13. The highest BCUT2D eigenvalue weighted by molar-refractivity contribution is 7.99. The lowest BCUT2D eigenvalue weighted by Crippen LogP contribution is -2.44. The van der Waals surface area contributed by atoms with Crippen LogP contribution < -0.4 is 11.1 Å². The first-order chi connectivity index (χ1) is 9.06. The summed E-state index contributed by atoms with van der Waals surface area (Å²) in [5.41, 5.74) is 5.77. The van der Waals surface area contributed by atoms with Gasteiger partial charge in [0, 0.05) is 17.7 Å². The van der Waals surface area contributed by atoms with E-state index >= 15 is 0 Å². The molecule has 1 rings (SSSR count). The normalized spacial score (nSPS) is 25.3. The van der Waals surface area contributed by atoms with E-state index < -0.39 is 0 Å². The molecule has 3 atom stereocenters. The third kappa shape index (κ3) is 6.17. The molecule has 3 nitrogen and oxygen atoms in total. The Kier molecular flexibility index (Phi) is 7.84. The molecule has 3 unspecified atom stereocenters. The van der Waals surface area contributed by atoms with Crippen molar-refractivity contribution in [3.05, 3.63) is 0 Å². The van der Waals surface area contributed by atoms with Crippen molar-refractivity contribution in [1.29, 1.82) is 0 Å². The summed E-state index contributed by atoms with van der Waals surface area (Å²) < 4.78 is 0. The quantitative estimate of drug-likeness (QED) is 0.756. The van der Waals surface area contributed by atoms with Crippen molar-refractivity contribution in [2.45, 2.75) is 63.7 Å². The first kappa shape index (κ1) is 16.8. The van der Waals surface area contributed by atoms with E-state index in [4.69, 9.17) is 5.73 Å². The molecule has 0 spiro atoms. The van der Waals surface area contributed by atoms with Gasteiger partial charge in [0.2, 0.25) is 5.91 Å². The summed E-state index contributed by atoms with van der Waals surface area (Å²) in [5, 5.41) is 3.84. The number of hydrogen-bond donors (Lipinski definition) is 2. The maximum Gasteiger partial charge on any atom is 0.220 e. The Morgan fingerprint density at radius 2 is 2.05 bits per heavy atom. The van der Waals surface area contributed by atoms with Crippen molar-refractivity contribution >= 4 is 17.7 Å². The molecule has 19 heavy (non-hydrogen) atoms. The molecule has 1 aliphatic carbocycles. The molecule has 4 heteroatoms. The van der Waals surface area contributed by atoms with Crippen LogP contribution in [0.1, 0.15) is 52.4 Å². The fourth-order valence-electron chi connectivity index (χ4n) is 3.00. The number of carbonyl (C=O) groups is 1. The van der Waals surface area contributed by atoms with Gasteiger partial charge >= 0.3 is 0 Å². The first-order valence-corrected chi connectivity index (χ1v) is 8.87. The minimum absolute atomic E-state index is 0.196. The monoisotopic (exact) mass is 286 g/mol. The Hall–Kier alpha value is -0.220. The highest BCUT2D eigenvalue weighted by Gasteiger charge is 2.26. The van der Waals surface area contributed by atoms with E-state index in [0.717, 1.165) is 12.8 Å². The molecule has 112 valence electrons. The Morgan fingerprint density at radius 3 is 2.63 bits per heavy atom. The number of amides is 1. The highest BCUT2D eigenvalue weighted by Crippen LogP contribution is 2.27. The Morgan fingerprint density at radius 1 is 1.37 bits per heavy atom. The molecular weight excluding hydrogens is 256 g/mol. The van der Waals surface area contributed by atoms with Crippen molar-refractivity contribution in [3.63, 3.8) is 0 Å². The number of nitrogens with one attached hydrogen (secondary N) is 1. The van der Waals surface area contributed by atoms with Crippen LogP contribution in [0.25, 0.3) is 0 Å². The Balaban J connectivity index is 2.40. The SMILES string of the molecule is CSC1CCCCC1NC(=O)CC(CN)CC(C)C. The third-order valence-corrected chi connectivity index (χ3v) is 5.13. The van der Waals surface area contributed by atoms with Gasteiger partial charge in [-0.3, -0.25) is 4.79 Å². The maximum atomic E-state index is 12.1. The zero-order valence-electron chi connectivity index (χ0n) is 12.7. The zero-order chi connectivity index (χ0) is 14.3. The van der Waals surface area contributed by atoms with E-state index in [1.807, 2.05) is 11.8 Å². The maximum absolute atomic E-state index is 12.1. The molecule has 0 bridgehead atoms. The molecule has 0 aliphatic heterocycles. The Labute approximate surface area is 122 Å². The standard InChI is InChI=1S/C15H30N2OS/c1-11(2)8-12(10-16)9-15(18)17-13-6-4-5-7-14(13)19-3/h11-14H,4-10,16H2,1-3H3,(H,17,18). The van der Waals surface area contributed by atoms with E-state index in [0.29, 0.717) is 36.1 Å². The van der Waals surface area contributed by atoms with Gasteiger partial charge in [0.25, 0.3) is 0 Å². The molecule has 1 fully saturated rings. The molecule has 1 saturated carbocycles. The fourth-order valence-corrected chi connectivity index (χ4v) is 3.94. The van der Waals surface area contributed by atoms with E-state index in [1.165, 1.54) is 19.3 Å². The van der Waals surface area contributed by atoms with Gasteiger partial charge in [-0.25, -0.2) is 0 Å². The molecule has 0 heterocycles. The van der Waals surface area contributed by atoms with Gasteiger partial charge in [0.1, 0.15) is 0 Å². The molecule has 0 aromatic carbocycles. The summed E-state index contributed by atoms with van der Waals surface area (Å²) in [7, 11) is 0. The van der Waals surface area contributed by atoms with E-state index in [-0.39, 0.29) is 5.91 Å². The van der Waals surface area contributed by atoms with E-state index in [1.54, 1.807) is 0 Å². The third-order valence-electron chi connectivity index (χ3n) is 3.96. The van der Waals surface area contributed by atoms with Crippen LogP contribution in [0.2, 0.25) is 0 Å². The van der Waals surface area contributed by atoms with Crippen LogP contribution in [-0.4, -0.2) is 30.0 Å². The fraction of sp³-hybridized carbons (Fsp3) is 0.933. The predicted octanol–water partition coefficient (Wildman–Crippen LogP) is 2.79. The van der Waals surface area contributed by atoms with E-state index in [2.05, 4.69) is 25.4 Å². The van der Waals surface area contributed by atoms with Gasteiger partial charge in [-0.05, 0) is 43.9 Å². The van der Waals surface area contributed by atoms with Crippen molar-refractivity contribution in [1.82, 2.24) is 5.32 Å². The molecule has 1 aliphatic rings. The smallest absolute Gasteiger partial charge is 0.220 e. The van der Waals surface area contributed by atoms with Crippen LogP contribution in [0.15, 0.2) is 0 Å². The lowest BCUT2D eigenvalue weighted by Gasteiger charge is -2.31. The van der Waals surface area contributed by atoms with Gasteiger partial charge in [-0.1, -0.05) is 26.7 Å². The second-order valence-corrected chi connectivity index (χ2v) is 7.24. The van der Waals surface area contributed by atoms with Gasteiger partial charge < -0.3 is 11.1 Å². The minimum Gasteiger partial charge on any atom is -0.352 e. The molecule has 3 N–H and O–H groups in total. The molecule has 0 aromatic rings. The Bertz CT molecular complexity index is 271. The summed E-state index contributed by atoms with van der Waals surface area (Å²) in [6.07, 6.45) is 8.70. The first-order valence-electron chi connectivity index (χ1n) is 7.59. The van der Waals surface area contributed by atoms with E-state index in [9.17, 15) is 4.79 Å². The zero-order valence-corrected chi connectivity index (χ0v) is 13.5. The van der Waals surface area contributed by atoms with Gasteiger partial charge in [-0.2, -0.15) is 11.8 Å². The second kappa shape index (κ2) is 8.85. The largest absolute Gasteiger partial charge is 0.352 e.